The summed E-state index contributed by atoms with van der Waals surface area (Å²) < 4.78 is 5.30. The second-order valence-corrected chi connectivity index (χ2v) is 3.60. The van der Waals surface area contributed by atoms with Crippen LogP contribution in [0.1, 0.15) is 26.7 Å². The molecule has 0 aromatic carbocycles. The van der Waals surface area contributed by atoms with Gasteiger partial charge in [0.2, 0.25) is 0 Å². The fraction of sp³-hybridized carbons (Fsp3) is 1.00. The maximum atomic E-state index is 5.30. The van der Waals surface area contributed by atoms with Crippen LogP contribution >= 0.6 is 0 Å². The molecular weight excluding hydrogens is 138 g/mol. The first-order valence-corrected chi connectivity index (χ1v) is 4.51. The van der Waals surface area contributed by atoms with E-state index in [1.807, 2.05) is 0 Å². The minimum atomic E-state index is 0.665. The van der Waals surface area contributed by atoms with Crippen molar-refractivity contribution in [2.75, 3.05) is 20.3 Å². The van der Waals surface area contributed by atoms with Crippen molar-refractivity contribution < 1.29 is 4.74 Å². The predicted octanol–water partition coefficient (Wildman–Crippen LogP) is 1.51. The van der Waals surface area contributed by atoms with E-state index >= 15 is 0 Å². The zero-order valence-electron chi connectivity index (χ0n) is 7.84. The molecule has 0 saturated carbocycles. The number of rotatable bonds is 2. The summed E-state index contributed by atoms with van der Waals surface area (Å²) in [6, 6.07) is 1.42. The van der Waals surface area contributed by atoms with Gasteiger partial charge in [-0.2, -0.15) is 0 Å². The third-order valence-corrected chi connectivity index (χ3v) is 2.58. The molecule has 0 atom stereocenters. The molecule has 1 aliphatic rings. The van der Waals surface area contributed by atoms with Crippen LogP contribution in [-0.4, -0.2) is 37.2 Å². The molecule has 1 rings (SSSR count). The standard InChI is InChI=1S/C9H19NO/c1-8(2)10(3)9-4-6-11-7-5-9/h8-9H,4-7H2,1-3H3. The van der Waals surface area contributed by atoms with E-state index in [4.69, 9.17) is 4.74 Å². The van der Waals surface area contributed by atoms with Gasteiger partial charge in [-0.25, -0.2) is 0 Å². The van der Waals surface area contributed by atoms with E-state index < -0.39 is 0 Å². The maximum absolute atomic E-state index is 5.30. The predicted molar refractivity (Wildman–Crippen MR) is 46.7 cm³/mol. The van der Waals surface area contributed by atoms with Crippen LogP contribution in [0.4, 0.5) is 0 Å². The first-order chi connectivity index (χ1) is 5.22. The monoisotopic (exact) mass is 157 g/mol. The summed E-state index contributed by atoms with van der Waals surface area (Å²) in [4.78, 5) is 2.45. The van der Waals surface area contributed by atoms with Gasteiger partial charge in [0.1, 0.15) is 0 Å². The Morgan fingerprint density at radius 3 is 2.27 bits per heavy atom. The van der Waals surface area contributed by atoms with Crippen LogP contribution in [0.15, 0.2) is 0 Å². The molecule has 11 heavy (non-hydrogen) atoms. The van der Waals surface area contributed by atoms with Crippen molar-refractivity contribution in [3.8, 4) is 0 Å². The van der Waals surface area contributed by atoms with Gasteiger partial charge >= 0.3 is 0 Å². The summed E-state index contributed by atoms with van der Waals surface area (Å²) in [5.41, 5.74) is 0. The van der Waals surface area contributed by atoms with E-state index in [0.29, 0.717) is 6.04 Å². The number of hydrogen-bond donors (Lipinski definition) is 0. The Kier molecular flexibility index (Phi) is 3.34. The zero-order chi connectivity index (χ0) is 8.27. The molecule has 2 nitrogen and oxygen atoms in total. The summed E-state index contributed by atoms with van der Waals surface area (Å²) in [6.07, 6.45) is 2.41. The highest BCUT2D eigenvalue weighted by Crippen LogP contribution is 2.14. The van der Waals surface area contributed by atoms with E-state index in [1.54, 1.807) is 0 Å². The van der Waals surface area contributed by atoms with Gasteiger partial charge in [0.15, 0.2) is 0 Å². The second kappa shape index (κ2) is 4.07. The number of nitrogens with zero attached hydrogens (tertiary/aromatic N) is 1. The lowest BCUT2D eigenvalue weighted by atomic mass is 10.1. The molecule has 0 unspecified atom stereocenters. The van der Waals surface area contributed by atoms with Gasteiger partial charge in [0.25, 0.3) is 0 Å². The van der Waals surface area contributed by atoms with Gasteiger partial charge in [-0.15, -0.1) is 0 Å². The van der Waals surface area contributed by atoms with Gasteiger partial charge in [-0.3, -0.25) is 0 Å². The summed E-state index contributed by atoms with van der Waals surface area (Å²) in [6.45, 7) is 6.38. The van der Waals surface area contributed by atoms with E-state index in [-0.39, 0.29) is 0 Å². The van der Waals surface area contributed by atoms with E-state index in [1.165, 1.54) is 12.8 Å². The Labute approximate surface area is 69.5 Å². The smallest absolute Gasteiger partial charge is 0.0480 e. The van der Waals surface area contributed by atoms with Crippen LogP contribution < -0.4 is 0 Å². The molecule has 1 heterocycles. The van der Waals surface area contributed by atoms with Crippen LogP contribution in [0.5, 0.6) is 0 Å². The van der Waals surface area contributed by atoms with Gasteiger partial charge in [0.05, 0.1) is 0 Å². The normalized spacial score (nSPS) is 21.5. The Balaban J connectivity index is 2.32. The first kappa shape index (κ1) is 9.01. The average molecular weight is 157 g/mol. The SMILES string of the molecule is CC(C)N(C)C1CCOCC1. The Morgan fingerprint density at radius 2 is 1.82 bits per heavy atom. The Morgan fingerprint density at radius 1 is 1.27 bits per heavy atom. The van der Waals surface area contributed by atoms with Gasteiger partial charge in [0, 0.05) is 25.3 Å². The molecule has 0 aromatic heterocycles. The molecular formula is C9H19NO. The third-order valence-electron chi connectivity index (χ3n) is 2.58. The highest BCUT2D eigenvalue weighted by Gasteiger charge is 2.19. The van der Waals surface area contributed by atoms with Crippen molar-refractivity contribution >= 4 is 0 Å². The molecule has 0 amide bonds. The summed E-state index contributed by atoms with van der Waals surface area (Å²) >= 11 is 0. The van der Waals surface area contributed by atoms with Crippen molar-refractivity contribution in [2.45, 2.75) is 38.8 Å². The third kappa shape index (κ3) is 2.46. The quantitative estimate of drug-likeness (QED) is 0.602. The molecule has 1 saturated heterocycles. The van der Waals surface area contributed by atoms with Crippen LogP contribution in [-0.2, 0) is 4.74 Å². The van der Waals surface area contributed by atoms with Gasteiger partial charge in [-0.05, 0) is 33.7 Å². The first-order valence-electron chi connectivity index (χ1n) is 4.51. The molecule has 0 aromatic rings. The molecule has 0 radical (unpaired) electrons. The molecule has 0 N–H and O–H groups in total. The maximum Gasteiger partial charge on any atom is 0.0480 e. The lowest BCUT2D eigenvalue weighted by Gasteiger charge is -2.33. The summed E-state index contributed by atoms with van der Waals surface area (Å²) in [5, 5.41) is 0. The van der Waals surface area contributed by atoms with Crippen LogP contribution in [0.25, 0.3) is 0 Å². The van der Waals surface area contributed by atoms with Crippen molar-refractivity contribution in [3.05, 3.63) is 0 Å². The van der Waals surface area contributed by atoms with E-state index in [2.05, 4.69) is 25.8 Å². The topological polar surface area (TPSA) is 12.5 Å². The number of hydrogen-bond acceptors (Lipinski definition) is 2. The fourth-order valence-corrected chi connectivity index (χ4v) is 1.51. The second-order valence-electron chi connectivity index (χ2n) is 3.60. The highest BCUT2D eigenvalue weighted by molar-refractivity contribution is 4.73. The summed E-state index contributed by atoms with van der Waals surface area (Å²) in [5.74, 6) is 0. The number of ether oxygens (including phenoxy) is 1. The lowest BCUT2D eigenvalue weighted by Crippen LogP contribution is -2.40. The van der Waals surface area contributed by atoms with Crippen molar-refractivity contribution in [3.63, 3.8) is 0 Å². The minimum absolute atomic E-state index is 0.665. The molecule has 0 aliphatic carbocycles. The van der Waals surface area contributed by atoms with Crippen LogP contribution in [0, 0.1) is 0 Å². The molecule has 0 spiro atoms. The zero-order valence-corrected chi connectivity index (χ0v) is 7.84. The van der Waals surface area contributed by atoms with E-state index in [9.17, 15) is 0 Å². The molecule has 1 aliphatic heterocycles. The van der Waals surface area contributed by atoms with Crippen molar-refractivity contribution in [1.82, 2.24) is 4.90 Å². The Hall–Kier alpha value is -0.0800. The Bertz CT molecular complexity index is 108. The largest absolute Gasteiger partial charge is 0.381 e. The molecule has 1 fully saturated rings. The average Bonchev–Trinajstić information content (AvgIpc) is 2.05. The van der Waals surface area contributed by atoms with Crippen LogP contribution in [0.3, 0.4) is 0 Å². The van der Waals surface area contributed by atoms with Crippen molar-refractivity contribution in [2.24, 2.45) is 0 Å². The van der Waals surface area contributed by atoms with Gasteiger partial charge in [-0.1, -0.05) is 0 Å². The molecule has 66 valence electrons. The van der Waals surface area contributed by atoms with Gasteiger partial charge < -0.3 is 9.64 Å². The lowest BCUT2D eigenvalue weighted by molar-refractivity contribution is 0.0337. The molecule has 2 heteroatoms. The summed E-state index contributed by atoms with van der Waals surface area (Å²) in [7, 11) is 2.21. The molecule has 0 bridgehead atoms. The van der Waals surface area contributed by atoms with Crippen molar-refractivity contribution in [1.29, 1.82) is 0 Å². The fourth-order valence-electron chi connectivity index (χ4n) is 1.51. The van der Waals surface area contributed by atoms with Crippen LogP contribution in [0.2, 0.25) is 0 Å². The highest BCUT2D eigenvalue weighted by atomic mass is 16.5. The van der Waals surface area contributed by atoms with E-state index in [0.717, 1.165) is 19.3 Å². The minimum Gasteiger partial charge on any atom is -0.381 e.